The van der Waals surface area contributed by atoms with Crippen LogP contribution in [0, 0.1) is 0 Å². The van der Waals surface area contributed by atoms with Crippen molar-refractivity contribution in [2.75, 3.05) is 19.5 Å². The van der Waals surface area contributed by atoms with Gasteiger partial charge in [0, 0.05) is 23.3 Å². The molecule has 1 aromatic carbocycles. The van der Waals surface area contributed by atoms with Crippen molar-refractivity contribution in [2.24, 2.45) is 0 Å². The Morgan fingerprint density at radius 1 is 1.25 bits per heavy atom. The lowest BCUT2D eigenvalue weighted by atomic mass is 9.96. The topological polar surface area (TPSA) is 64.5 Å². The van der Waals surface area contributed by atoms with E-state index < -0.39 is 0 Å². The summed E-state index contributed by atoms with van der Waals surface area (Å²) in [6.45, 7) is 4.78. The van der Waals surface area contributed by atoms with Gasteiger partial charge in [0.25, 0.3) is 0 Å². The van der Waals surface area contributed by atoms with Crippen molar-refractivity contribution in [1.29, 1.82) is 0 Å². The van der Waals surface area contributed by atoms with Crippen molar-refractivity contribution in [1.82, 2.24) is 9.97 Å². The molecule has 0 bridgehead atoms. The van der Waals surface area contributed by atoms with Gasteiger partial charge in [0.1, 0.15) is 10.8 Å². The summed E-state index contributed by atoms with van der Waals surface area (Å²) in [5.74, 6) is 2.12. The van der Waals surface area contributed by atoms with Gasteiger partial charge in [-0.15, -0.1) is 11.8 Å². The fourth-order valence-electron chi connectivity index (χ4n) is 2.65. The summed E-state index contributed by atoms with van der Waals surface area (Å²) in [6, 6.07) is 7.74. The van der Waals surface area contributed by atoms with Crippen LogP contribution in [0.3, 0.4) is 0 Å². The first kappa shape index (κ1) is 17.2. The van der Waals surface area contributed by atoms with E-state index in [2.05, 4.69) is 13.8 Å². The van der Waals surface area contributed by atoms with Crippen molar-refractivity contribution in [3.05, 3.63) is 35.5 Å². The summed E-state index contributed by atoms with van der Waals surface area (Å²) in [5.41, 5.74) is 2.81. The fraction of sp³-hybridized carbons (Fsp3) is 0.444. The lowest BCUT2D eigenvalue weighted by molar-refractivity contribution is -0.0428. The molecule has 0 spiro atoms. The second-order valence-corrected chi connectivity index (χ2v) is 7.39. The van der Waals surface area contributed by atoms with Crippen LogP contribution in [0.1, 0.15) is 25.1 Å². The van der Waals surface area contributed by atoms with Gasteiger partial charge in [-0.05, 0) is 38.1 Å². The number of fused-ring (bicyclic) bond motifs is 1. The minimum absolute atomic E-state index is 0.119. The van der Waals surface area contributed by atoms with Crippen LogP contribution in [0.15, 0.2) is 29.3 Å². The maximum atomic E-state index is 9.15. The van der Waals surface area contributed by atoms with Crippen LogP contribution in [0.25, 0.3) is 11.4 Å². The van der Waals surface area contributed by atoms with Gasteiger partial charge in [0.2, 0.25) is 0 Å². The molecule has 1 aliphatic heterocycles. The summed E-state index contributed by atoms with van der Waals surface area (Å²) in [6.07, 6.45) is 0.751. The van der Waals surface area contributed by atoms with E-state index in [0.717, 1.165) is 34.0 Å². The molecule has 1 aromatic heterocycles. The Labute approximate surface area is 146 Å². The predicted octanol–water partition coefficient (Wildman–Crippen LogP) is 3.09. The number of hydrogen-bond acceptors (Lipinski definition) is 6. The molecule has 1 N–H and O–H groups in total. The zero-order valence-corrected chi connectivity index (χ0v) is 15.0. The Hall–Kier alpha value is -1.63. The minimum Gasteiger partial charge on any atom is -0.497 e. The van der Waals surface area contributed by atoms with Crippen LogP contribution in [0.5, 0.6) is 5.75 Å². The zero-order chi connectivity index (χ0) is 17.2. The molecule has 0 atom stereocenters. The molecular formula is C18H22N2O3S. The highest BCUT2D eigenvalue weighted by molar-refractivity contribution is 7.99. The van der Waals surface area contributed by atoms with Crippen LogP contribution in [-0.4, -0.2) is 40.1 Å². The van der Waals surface area contributed by atoms with E-state index in [4.69, 9.17) is 24.5 Å². The van der Waals surface area contributed by atoms with Crippen LogP contribution >= 0.6 is 11.8 Å². The van der Waals surface area contributed by atoms with E-state index in [1.807, 2.05) is 24.3 Å². The van der Waals surface area contributed by atoms with Crippen LogP contribution in [-0.2, 0) is 17.8 Å². The summed E-state index contributed by atoms with van der Waals surface area (Å²) in [7, 11) is 1.65. The maximum absolute atomic E-state index is 9.15. The monoisotopic (exact) mass is 346 g/mol. The van der Waals surface area contributed by atoms with Gasteiger partial charge in [-0.3, -0.25) is 0 Å². The van der Waals surface area contributed by atoms with Gasteiger partial charge in [-0.2, -0.15) is 0 Å². The third kappa shape index (κ3) is 3.71. The average molecular weight is 346 g/mol. The zero-order valence-electron chi connectivity index (χ0n) is 14.2. The second-order valence-electron chi connectivity index (χ2n) is 6.30. The van der Waals surface area contributed by atoms with Gasteiger partial charge in [0.15, 0.2) is 5.82 Å². The van der Waals surface area contributed by atoms with E-state index in [-0.39, 0.29) is 12.2 Å². The van der Waals surface area contributed by atoms with Gasteiger partial charge >= 0.3 is 0 Å². The normalized spacial score (nSPS) is 15.8. The Bertz CT molecular complexity index is 717. The molecule has 1 aliphatic rings. The van der Waals surface area contributed by atoms with Gasteiger partial charge in [-0.1, -0.05) is 0 Å². The Kier molecular flexibility index (Phi) is 5.08. The predicted molar refractivity (Wildman–Crippen MR) is 94.4 cm³/mol. The molecule has 24 heavy (non-hydrogen) atoms. The Morgan fingerprint density at radius 2 is 2.00 bits per heavy atom. The maximum Gasteiger partial charge on any atom is 0.160 e. The molecule has 0 unspecified atom stereocenters. The lowest BCUT2D eigenvalue weighted by Crippen LogP contribution is -2.33. The molecule has 0 aliphatic carbocycles. The Morgan fingerprint density at radius 3 is 2.67 bits per heavy atom. The molecule has 0 saturated heterocycles. The van der Waals surface area contributed by atoms with E-state index in [1.54, 1.807) is 18.9 Å². The van der Waals surface area contributed by atoms with E-state index in [9.17, 15) is 0 Å². The highest BCUT2D eigenvalue weighted by Crippen LogP contribution is 2.34. The van der Waals surface area contributed by atoms with Crippen molar-refractivity contribution < 1.29 is 14.6 Å². The van der Waals surface area contributed by atoms with E-state index in [0.29, 0.717) is 18.2 Å². The second kappa shape index (κ2) is 7.09. The number of ether oxygens (including phenoxy) is 2. The molecule has 0 saturated carbocycles. The summed E-state index contributed by atoms with van der Waals surface area (Å²) < 4.78 is 11.1. The summed E-state index contributed by atoms with van der Waals surface area (Å²) in [5, 5.41) is 10.0. The summed E-state index contributed by atoms with van der Waals surface area (Å²) in [4.78, 5) is 9.51. The molecule has 2 heterocycles. The molecule has 0 fully saturated rings. The third-order valence-corrected chi connectivity index (χ3v) is 4.93. The highest BCUT2D eigenvalue weighted by atomic mass is 32.2. The number of hydrogen-bond donors (Lipinski definition) is 1. The first-order valence-electron chi connectivity index (χ1n) is 7.94. The smallest absolute Gasteiger partial charge is 0.160 e. The van der Waals surface area contributed by atoms with Crippen molar-refractivity contribution >= 4 is 11.8 Å². The molecule has 0 radical (unpaired) electrons. The lowest BCUT2D eigenvalue weighted by Gasteiger charge is -2.32. The number of aliphatic hydroxyl groups is 1. The van der Waals surface area contributed by atoms with Gasteiger partial charge in [-0.25, -0.2) is 9.97 Å². The molecule has 128 valence electrons. The van der Waals surface area contributed by atoms with Crippen LogP contribution in [0.2, 0.25) is 0 Å². The van der Waals surface area contributed by atoms with Crippen molar-refractivity contribution in [2.45, 2.75) is 37.5 Å². The van der Waals surface area contributed by atoms with Gasteiger partial charge < -0.3 is 14.6 Å². The molecule has 0 amide bonds. The molecule has 3 rings (SSSR count). The number of aromatic nitrogens is 2. The van der Waals surface area contributed by atoms with Crippen molar-refractivity contribution in [3.8, 4) is 17.1 Å². The largest absolute Gasteiger partial charge is 0.497 e. The molecular weight excluding hydrogens is 324 g/mol. The Balaban J connectivity index is 2.02. The van der Waals surface area contributed by atoms with Gasteiger partial charge in [0.05, 0.1) is 31.6 Å². The number of rotatable bonds is 5. The van der Waals surface area contributed by atoms with Crippen LogP contribution in [0.4, 0.5) is 0 Å². The minimum atomic E-state index is -0.225. The number of methoxy groups -OCH3 is 1. The van der Waals surface area contributed by atoms with Crippen LogP contribution < -0.4 is 4.74 Å². The fourth-order valence-corrected chi connectivity index (χ4v) is 3.44. The first-order valence-corrected chi connectivity index (χ1v) is 8.93. The van der Waals surface area contributed by atoms with E-state index >= 15 is 0 Å². The average Bonchev–Trinajstić information content (AvgIpc) is 2.58. The quantitative estimate of drug-likeness (QED) is 0.663. The summed E-state index contributed by atoms with van der Waals surface area (Å²) >= 11 is 1.55. The highest BCUT2D eigenvalue weighted by Gasteiger charge is 2.30. The third-order valence-electron chi connectivity index (χ3n) is 3.93. The first-order chi connectivity index (χ1) is 11.5. The van der Waals surface area contributed by atoms with Crippen molar-refractivity contribution in [3.63, 3.8) is 0 Å². The molecule has 2 aromatic rings. The van der Waals surface area contributed by atoms with E-state index in [1.165, 1.54) is 0 Å². The molecule has 5 nitrogen and oxygen atoms in total. The SMILES string of the molecule is COc1ccc(-c2nc3c(c(SCCO)n2)COC(C)(C)C3)cc1. The number of benzene rings is 1. The number of thioether (sulfide) groups is 1. The number of aliphatic hydroxyl groups excluding tert-OH is 1. The molecule has 6 heteroatoms. The number of nitrogens with zero attached hydrogens (tertiary/aromatic N) is 2. The standard InChI is InChI=1S/C18H22N2O3S/c1-18(2)10-15-14(11-23-18)17(24-9-8-21)20-16(19-15)12-4-6-13(22-3)7-5-12/h4-7,21H,8-11H2,1-3H3.